The van der Waals surface area contributed by atoms with Crippen LogP contribution in [0.4, 0.5) is 0 Å². The molecule has 1 atom stereocenters. The van der Waals surface area contributed by atoms with E-state index in [0.717, 1.165) is 37.1 Å². The monoisotopic (exact) mass is 340 g/mol. The lowest BCUT2D eigenvalue weighted by molar-refractivity contribution is -0.135. The van der Waals surface area contributed by atoms with Crippen molar-refractivity contribution in [3.05, 3.63) is 53.9 Å². The molecule has 6 nitrogen and oxygen atoms in total. The lowest BCUT2D eigenvalue weighted by Crippen LogP contribution is -2.49. The Morgan fingerprint density at radius 1 is 1.20 bits per heavy atom. The maximum absolute atomic E-state index is 12.8. The second-order valence-electron chi connectivity index (χ2n) is 6.56. The van der Waals surface area contributed by atoms with Crippen LogP contribution in [-0.2, 0) is 22.6 Å². The molecule has 0 spiro atoms. The molecule has 1 aromatic carbocycles. The Hall–Kier alpha value is -2.63. The molecule has 2 heterocycles. The van der Waals surface area contributed by atoms with Gasteiger partial charge in [0.25, 0.3) is 0 Å². The van der Waals surface area contributed by atoms with E-state index in [-0.39, 0.29) is 18.4 Å². The van der Waals surface area contributed by atoms with Crippen molar-refractivity contribution in [3.63, 3.8) is 0 Å². The second kappa shape index (κ2) is 7.96. The van der Waals surface area contributed by atoms with Crippen molar-refractivity contribution in [1.29, 1.82) is 0 Å². The molecule has 3 rings (SSSR count). The molecule has 1 N–H and O–H groups in total. The fraction of sp³-hybridized carbons (Fsp3) is 0.421. The van der Waals surface area contributed by atoms with Crippen molar-refractivity contribution >= 4 is 11.8 Å². The number of rotatable bonds is 6. The highest BCUT2D eigenvalue weighted by molar-refractivity contribution is 5.88. The predicted octanol–water partition coefficient (Wildman–Crippen LogP) is 1.54. The normalized spacial score (nSPS) is 15.2. The number of carbonyl (C=O) groups excluding carboxylic acids is 2. The van der Waals surface area contributed by atoms with Crippen LogP contribution in [0.5, 0.6) is 0 Å². The zero-order valence-electron chi connectivity index (χ0n) is 14.5. The van der Waals surface area contributed by atoms with E-state index in [1.807, 2.05) is 48.4 Å². The number of hydrogen-bond acceptors (Lipinski definition) is 3. The number of amides is 2. The molecule has 0 unspecified atom stereocenters. The molecule has 25 heavy (non-hydrogen) atoms. The first-order valence-electron chi connectivity index (χ1n) is 8.73. The maximum Gasteiger partial charge on any atom is 0.245 e. The molecule has 1 aromatic heterocycles. The molecule has 0 bridgehead atoms. The molecule has 2 aromatic rings. The van der Waals surface area contributed by atoms with E-state index in [1.54, 1.807) is 10.9 Å². The molecule has 1 fully saturated rings. The molecular formula is C19H24N4O2. The summed E-state index contributed by atoms with van der Waals surface area (Å²) in [6.45, 7) is 3.60. The summed E-state index contributed by atoms with van der Waals surface area (Å²) in [5, 5.41) is 7.04. The van der Waals surface area contributed by atoms with Crippen LogP contribution >= 0.6 is 0 Å². The number of benzene rings is 1. The van der Waals surface area contributed by atoms with Crippen molar-refractivity contribution in [2.24, 2.45) is 0 Å². The van der Waals surface area contributed by atoms with Gasteiger partial charge in [-0.2, -0.15) is 5.10 Å². The molecule has 0 aliphatic carbocycles. The van der Waals surface area contributed by atoms with Crippen LogP contribution in [0.25, 0.3) is 0 Å². The Balaban J connectivity index is 1.68. The zero-order valence-corrected chi connectivity index (χ0v) is 14.5. The van der Waals surface area contributed by atoms with E-state index < -0.39 is 6.04 Å². The predicted molar refractivity (Wildman–Crippen MR) is 94.9 cm³/mol. The van der Waals surface area contributed by atoms with E-state index >= 15 is 0 Å². The van der Waals surface area contributed by atoms with Crippen molar-refractivity contribution in [1.82, 2.24) is 20.0 Å². The minimum Gasteiger partial charge on any atom is -0.342 e. The number of aromatic nitrogens is 2. The van der Waals surface area contributed by atoms with Crippen LogP contribution in [0.2, 0.25) is 0 Å². The van der Waals surface area contributed by atoms with Gasteiger partial charge in [0.2, 0.25) is 11.8 Å². The quantitative estimate of drug-likeness (QED) is 0.867. The third-order valence-electron chi connectivity index (χ3n) is 4.40. The van der Waals surface area contributed by atoms with E-state index in [9.17, 15) is 9.59 Å². The van der Waals surface area contributed by atoms with E-state index in [4.69, 9.17) is 0 Å². The third kappa shape index (κ3) is 4.68. The highest BCUT2D eigenvalue weighted by Gasteiger charge is 2.28. The summed E-state index contributed by atoms with van der Waals surface area (Å²) in [4.78, 5) is 27.1. The summed E-state index contributed by atoms with van der Waals surface area (Å²) in [5.74, 6) is -0.192. The van der Waals surface area contributed by atoms with Crippen molar-refractivity contribution < 1.29 is 9.59 Å². The molecule has 2 amide bonds. The van der Waals surface area contributed by atoms with Gasteiger partial charge >= 0.3 is 0 Å². The summed E-state index contributed by atoms with van der Waals surface area (Å²) in [7, 11) is 0. The first-order chi connectivity index (χ1) is 12.1. The molecule has 1 aliphatic heterocycles. The average molecular weight is 340 g/mol. The van der Waals surface area contributed by atoms with Crippen LogP contribution in [0.3, 0.4) is 0 Å². The minimum absolute atomic E-state index is 0.00588. The Morgan fingerprint density at radius 3 is 2.56 bits per heavy atom. The highest BCUT2D eigenvalue weighted by atomic mass is 16.2. The van der Waals surface area contributed by atoms with Crippen LogP contribution in [0.1, 0.15) is 24.0 Å². The topological polar surface area (TPSA) is 67.2 Å². The van der Waals surface area contributed by atoms with Crippen LogP contribution in [0.15, 0.2) is 42.7 Å². The van der Waals surface area contributed by atoms with E-state index in [0.29, 0.717) is 6.42 Å². The van der Waals surface area contributed by atoms with Gasteiger partial charge in [-0.25, -0.2) is 0 Å². The number of hydrogen-bond donors (Lipinski definition) is 1. The minimum atomic E-state index is -0.537. The molecule has 6 heteroatoms. The summed E-state index contributed by atoms with van der Waals surface area (Å²) >= 11 is 0. The fourth-order valence-corrected chi connectivity index (χ4v) is 3.15. The fourth-order valence-electron chi connectivity index (χ4n) is 3.15. The summed E-state index contributed by atoms with van der Waals surface area (Å²) in [6.07, 6.45) is 6.09. The standard InChI is InChI=1S/C19H24N4O2/c1-15-12-20-23(13-15)14-18(24)21-17(11-16-7-3-2-4-8-16)19(25)22-9-5-6-10-22/h2-4,7-8,12-13,17H,5-6,9-11,14H2,1H3,(H,21,24)/t17-/m1/s1. The SMILES string of the molecule is Cc1cnn(CC(=O)N[C@H](Cc2ccccc2)C(=O)N2CCCC2)c1. The second-order valence-corrected chi connectivity index (χ2v) is 6.56. The maximum atomic E-state index is 12.8. The van der Waals surface area contributed by atoms with Gasteiger partial charge in [0, 0.05) is 25.7 Å². The molecule has 1 aliphatic rings. The zero-order chi connectivity index (χ0) is 17.6. The summed E-state index contributed by atoms with van der Waals surface area (Å²) in [5.41, 5.74) is 2.04. The smallest absolute Gasteiger partial charge is 0.245 e. The van der Waals surface area contributed by atoms with Gasteiger partial charge in [-0.05, 0) is 30.9 Å². The van der Waals surface area contributed by atoms with Gasteiger partial charge in [0.05, 0.1) is 6.20 Å². The molecule has 0 saturated carbocycles. The van der Waals surface area contributed by atoms with E-state index in [1.165, 1.54) is 0 Å². The van der Waals surface area contributed by atoms with Crippen LogP contribution in [0, 0.1) is 6.92 Å². The molecular weight excluding hydrogens is 316 g/mol. The summed E-state index contributed by atoms with van der Waals surface area (Å²) < 4.78 is 1.59. The molecule has 132 valence electrons. The average Bonchev–Trinajstić information content (AvgIpc) is 3.26. The third-order valence-corrected chi connectivity index (χ3v) is 4.40. The number of carbonyl (C=O) groups is 2. The molecule has 1 saturated heterocycles. The van der Waals surface area contributed by atoms with Gasteiger partial charge in [0.1, 0.15) is 12.6 Å². The first-order valence-corrected chi connectivity index (χ1v) is 8.73. The lowest BCUT2D eigenvalue weighted by Gasteiger charge is -2.24. The Kier molecular flexibility index (Phi) is 5.48. The number of nitrogens with one attached hydrogen (secondary N) is 1. The highest BCUT2D eigenvalue weighted by Crippen LogP contribution is 2.12. The van der Waals surface area contributed by atoms with E-state index in [2.05, 4.69) is 10.4 Å². The first kappa shape index (κ1) is 17.2. The van der Waals surface area contributed by atoms with Gasteiger partial charge in [-0.15, -0.1) is 0 Å². The Labute approximate surface area is 147 Å². The molecule has 0 radical (unpaired) electrons. The lowest BCUT2D eigenvalue weighted by atomic mass is 10.0. The Bertz CT molecular complexity index is 720. The van der Waals surface area contributed by atoms with Crippen molar-refractivity contribution in [2.45, 2.75) is 38.8 Å². The van der Waals surface area contributed by atoms with Crippen LogP contribution in [-0.4, -0.2) is 45.6 Å². The number of likely N-dealkylation sites (tertiary alicyclic amines) is 1. The number of nitrogens with zero attached hydrogens (tertiary/aromatic N) is 3. The van der Waals surface area contributed by atoms with Gasteiger partial charge in [0.15, 0.2) is 0 Å². The van der Waals surface area contributed by atoms with Gasteiger partial charge in [-0.1, -0.05) is 30.3 Å². The van der Waals surface area contributed by atoms with Crippen molar-refractivity contribution in [3.8, 4) is 0 Å². The van der Waals surface area contributed by atoms with Gasteiger partial charge in [-0.3, -0.25) is 14.3 Å². The van der Waals surface area contributed by atoms with Crippen LogP contribution < -0.4 is 5.32 Å². The Morgan fingerprint density at radius 2 is 1.92 bits per heavy atom. The largest absolute Gasteiger partial charge is 0.342 e. The number of aryl methyl sites for hydroxylation is 1. The van der Waals surface area contributed by atoms with Gasteiger partial charge < -0.3 is 10.2 Å². The van der Waals surface area contributed by atoms with Crippen molar-refractivity contribution in [2.75, 3.05) is 13.1 Å². The summed E-state index contributed by atoms with van der Waals surface area (Å²) in [6, 6.07) is 9.26.